The second-order valence-corrected chi connectivity index (χ2v) is 15.6. The summed E-state index contributed by atoms with van der Waals surface area (Å²) in [4.78, 5) is 2.39. The van der Waals surface area contributed by atoms with E-state index < -0.39 is 0 Å². The molecule has 1 heterocycles. The van der Waals surface area contributed by atoms with Crippen LogP contribution in [-0.2, 0) is 0 Å². The smallest absolute Gasteiger partial charge is 0.143 e. The first-order chi connectivity index (χ1) is 29.7. The Balaban J connectivity index is 1.03. The van der Waals surface area contributed by atoms with Crippen LogP contribution in [0.1, 0.15) is 0 Å². The predicted octanol–water partition coefficient (Wildman–Crippen LogP) is 16.7. The van der Waals surface area contributed by atoms with Gasteiger partial charge in [0.1, 0.15) is 11.2 Å². The highest BCUT2D eigenvalue weighted by atomic mass is 16.3. The maximum absolute atomic E-state index is 6.62. The lowest BCUT2D eigenvalue weighted by Crippen LogP contribution is -2.10. The molecule has 0 atom stereocenters. The molecule has 0 aliphatic carbocycles. The van der Waals surface area contributed by atoms with Gasteiger partial charge in [0.05, 0.1) is 0 Å². The summed E-state index contributed by atoms with van der Waals surface area (Å²) in [6, 6.07) is 81.3. The van der Waals surface area contributed by atoms with E-state index in [0.717, 1.165) is 55.5 Å². The molecule has 0 fully saturated rings. The van der Waals surface area contributed by atoms with Crippen LogP contribution >= 0.6 is 0 Å². The molecule has 12 aromatic rings. The predicted molar refractivity (Wildman–Crippen MR) is 255 cm³/mol. The number of hydrogen-bond acceptors (Lipinski definition) is 2. The molecule has 2 nitrogen and oxygen atoms in total. The molecule has 0 saturated carbocycles. The van der Waals surface area contributed by atoms with Crippen LogP contribution in [-0.4, -0.2) is 0 Å². The second kappa shape index (κ2) is 13.9. The maximum atomic E-state index is 6.62. The van der Waals surface area contributed by atoms with Gasteiger partial charge >= 0.3 is 0 Å². The Bertz CT molecular complexity index is 3610. The number of fused-ring (bicyclic) bond motifs is 9. The summed E-state index contributed by atoms with van der Waals surface area (Å²) in [5.41, 5.74) is 12.1. The third-order valence-electron chi connectivity index (χ3n) is 12.2. The summed E-state index contributed by atoms with van der Waals surface area (Å²) in [5.74, 6) is 0. The first-order valence-electron chi connectivity index (χ1n) is 20.6. The number of anilines is 3. The topological polar surface area (TPSA) is 16.4 Å². The first kappa shape index (κ1) is 34.1. The van der Waals surface area contributed by atoms with E-state index in [1.165, 1.54) is 60.0 Å². The molecule has 60 heavy (non-hydrogen) atoms. The third kappa shape index (κ3) is 5.57. The van der Waals surface area contributed by atoms with Gasteiger partial charge in [-0.2, -0.15) is 0 Å². The lowest BCUT2D eigenvalue weighted by molar-refractivity contribution is 0.673. The molecule has 0 N–H and O–H groups in total. The minimum absolute atomic E-state index is 0.890. The van der Waals surface area contributed by atoms with Crippen molar-refractivity contribution >= 4 is 82.1 Å². The van der Waals surface area contributed by atoms with E-state index in [9.17, 15) is 0 Å². The van der Waals surface area contributed by atoms with Crippen LogP contribution in [0.4, 0.5) is 17.1 Å². The van der Waals surface area contributed by atoms with Crippen molar-refractivity contribution in [3.05, 3.63) is 224 Å². The van der Waals surface area contributed by atoms with Crippen LogP contribution in [0, 0.1) is 0 Å². The highest BCUT2D eigenvalue weighted by molar-refractivity contribution is 6.19. The lowest BCUT2D eigenvalue weighted by atomic mass is 9.93. The zero-order valence-corrected chi connectivity index (χ0v) is 32.7. The zero-order valence-electron chi connectivity index (χ0n) is 32.7. The number of furan rings is 1. The summed E-state index contributed by atoms with van der Waals surface area (Å²) in [6.45, 7) is 0. The molecule has 280 valence electrons. The van der Waals surface area contributed by atoms with Crippen molar-refractivity contribution in [1.82, 2.24) is 0 Å². The minimum Gasteiger partial charge on any atom is -0.455 e. The molecular weight excluding hydrogens is 727 g/mol. The van der Waals surface area contributed by atoms with Gasteiger partial charge in [-0.1, -0.05) is 170 Å². The van der Waals surface area contributed by atoms with Crippen molar-refractivity contribution in [2.24, 2.45) is 0 Å². The summed E-state index contributed by atoms with van der Waals surface area (Å²) in [5, 5.41) is 12.1. The second-order valence-electron chi connectivity index (χ2n) is 15.6. The van der Waals surface area contributed by atoms with Gasteiger partial charge in [-0.3, -0.25) is 0 Å². The van der Waals surface area contributed by atoms with Crippen LogP contribution in [0.15, 0.2) is 229 Å². The van der Waals surface area contributed by atoms with Crippen molar-refractivity contribution in [2.75, 3.05) is 4.90 Å². The Morgan fingerprint density at radius 3 is 1.62 bits per heavy atom. The largest absolute Gasteiger partial charge is 0.455 e. The van der Waals surface area contributed by atoms with Gasteiger partial charge in [-0.25, -0.2) is 0 Å². The van der Waals surface area contributed by atoms with Gasteiger partial charge in [0.2, 0.25) is 0 Å². The number of benzene rings is 11. The number of rotatable bonds is 6. The van der Waals surface area contributed by atoms with Gasteiger partial charge in [0, 0.05) is 33.2 Å². The van der Waals surface area contributed by atoms with E-state index in [1.807, 2.05) is 0 Å². The van der Waals surface area contributed by atoms with Crippen molar-refractivity contribution in [1.29, 1.82) is 0 Å². The fourth-order valence-electron chi connectivity index (χ4n) is 9.43. The number of nitrogens with zero attached hydrogens (tertiary/aromatic N) is 1. The molecule has 11 aromatic carbocycles. The monoisotopic (exact) mass is 763 g/mol. The molecule has 0 radical (unpaired) electrons. The highest BCUT2D eigenvalue weighted by Crippen LogP contribution is 2.44. The SMILES string of the molecule is c1cc(-c2cccc3ccccc23)cc(N(c2ccc(-c3cc4ccccc4c4ccccc34)cc2)c2cccc(-c3cccc4oc5c6ccccc6ccc5c34)c2)c1. The van der Waals surface area contributed by atoms with E-state index >= 15 is 0 Å². The normalized spacial score (nSPS) is 11.7. The summed E-state index contributed by atoms with van der Waals surface area (Å²) >= 11 is 0. The fourth-order valence-corrected chi connectivity index (χ4v) is 9.43. The van der Waals surface area contributed by atoms with E-state index in [-0.39, 0.29) is 0 Å². The van der Waals surface area contributed by atoms with E-state index in [2.05, 4.69) is 229 Å². The molecule has 0 bridgehead atoms. The van der Waals surface area contributed by atoms with Gasteiger partial charge in [-0.15, -0.1) is 0 Å². The molecule has 2 heteroatoms. The van der Waals surface area contributed by atoms with E-state index in [1.54, 1.807) is 0 Å². The molecule has 0 saturated heterocycles. The fraction of sp³-hybridized carbons (Fsp3) is 0. The molecule has 0 aliphatic rings. The Kier molecular flexibility index (Phi) is 7.89. The van der Waals surface area contributed by atoms with E-state index in [0.29, 0.717) is 0 Å². The molecule has 0 unspecified atom stereocenters. The van der Waals surface area contributed by atoms with Crippen LogP contribution in [0.25, 0.3) is 98.4 Å². The Hall–Kier alpha value is -7.94. The van der Waals surface area contributed by atoms with Crippen molar-refractivity contribution < 1.29 is 4.42 Å². The standard InChI is InChI=1S/C58H37NO/c1-4-21-47-38(13-1)16-11-26-48(47)41-17-9-19-45(35-41)59(44-32-29-40(30-33-44)55-37-43-15-3-5-22-49(43)52-24-7-8-25-53(52)55)46-20-10-18-42(36-46)50-27-12-28-56-57(50)54-34-31-39-14-2-6-23-51(39)58(54)60-56/h1-37H. The van der Waals surface area contributed by atoms with Crippen LogP contribution in [0.3, 0.4) is 0 Å². The van der Waals surface area contributed by atoms with Crippen LogP contribution in [0.2, 0.25) is 0 Å². The van der Waals surface area contributed by atoms with Gasteiger partial charge < -0.3 is 9.32 Å². The molecule has 12 rings (SSSR count). The highest BCUT2D eigenvalue weighted by Gasteiger charge is 2.19. The van der Waals surface area contributed by atoms with Crippen molar-refractivity contribution in [3.63, 3.8) is 0 Å². The van der Waals surface area contributed by atoms with Crippen molar-refractivity contribution in [3.8, 4) is 33.4 Å². The first-order valence-corrected chi connectivity index (χ1v) is 20.6. The number of hydrogen-bond donors (Lipinski definition) is 0. The van der Waals surface area contributed by atoms with Crippen LogP contribution < -0.4 is 4.90 Å². The lowest BCUT2D eigenvalue weighted by Gasteiger charge is -2.27. The molecular formula is C58H37NO. The molecule has 0 aliphatic heterocycles. The maximum Gasteiger partial charge on any atom is 0.143 e. The third-order valence-corrected chi connectivity index (χ3v) is 12.2. The van der Waals surface area contributed by atoms with Gasteiger partial charge in [-0.05, 0) is 126 Å². The minimum atomic E-state index is 0.890. The summed E-state index contributed by atoms with van der Waals surface area (Å²) in [7, 11) is 0. The molecule has 0 amide bonds. The summed E-state index contributed by atoms with van der Waals surface area (Å²) in [6.07, 6.45) is 0. The zero-order chi connectivity index (χ0) is 39.6. The van der Waals surface area contributed by atoms with E-state index in [4.69, 9.17) is 4.42 Å². The average molecular weight is 764 g/mol. The van der Waals surface area contributed by atoms with Crippen LogP contribution in [0.5, 0.6) is 0 Å². The Morgan fingerprint density at radius 1 is 0.283 bits per heavy atom. The van der Waals surface area contributed by atoms with Gasteiger partial charge in [0.15, 0.2) is 0 Å². The Labute approximate surface area is 347 Å². The molecule has 0 spiro atoms. The summed E-state index contributed by atoms with van der Waals surface area (Å²) < 4.78 is 6.62. The Morgan fingerprint density at radius 2 is 0.850 bits per heavy atom. The molecule has 1 aromatic heterocycles. The van der Waals surface area contributed by atoms with Crippen molar-refractivity contribution in [2.45, 2.75) is 0 Å². The average Bonchev–Trinajstić information content (AvgIpc) is 3.71. The van der Waals surface area contributed by atoms with Gasteiger partial charge in [0.25, 0.3) is 0 Å². The quantitative estimate of drug-likeness (QED) is 0.157.